The van der Waals surface area contributed by atoms with Crippen molar-refractivity contribution in [3.05, 3.63) is 34.4 Å². The summed E-state index contributed by atoms with van der Waals surface area (Å²) < 4.78 is 0. The van der Waals surface area contributed by atoms with Gasteiger partial charge in [0.05, 0.1) is 0 Å². The third kappa shape index (κ3) is 2.36. The maximum atomic E-state index is 6.16. The van der Waals surface area contributed by atoms with Gasteiger partial charge in [0.1, 0.15) is 0 Å². The van der Waals surface area contributed by atoms with Crippen LogP contribution >= 0.6 is 0 Å². The van der Waals surface area contributed by atoms with Gasteiger partial charge in [-0.2, -0.15) is 0 Å². The van der Waals surface area contributed by atoms with Crippen molar-refractivity contribution >= 4 is 0 Å². The summed E-state index contributed by atoms with van der Waals surface area (Å²) in [6.07, 6.45) is 2.22. The van der Waals surface area contributed by atoms with Crippen LogP contribution in [-0.2, 0) is 0 Å². The van der Waals surface area contributed by atoms with E-state index in [4.69, 9.17) is 5.73 Å². The molecule has 2 N–H and O–H groups in total. The first-order chi connectivity index (χ1) is 6.56. The number of rotatable bonds is 3. The molecule has 1 nitrogen and oxygen atoms in total. The molecule has 1 heteroatoms. The molecule has 0 radical (unpaired) electrons. The molecule has 0 aliphatic carbocycles. The fourth-order valence-corrected chi connectivity index (χ4v) is 2.23. The number of nitrogens with two attached hydrogens (primary N) is 1. The van der Waals surface area contributed by atoms with Gasteiger partial charge in [-0.15, -0.1) is 0 Å². The lowest BCUT2D eigenvalue weighted by Crippen LogP contribution is -2.13. The first-order valence-corrected chi connectivity index (χ1v) is 5.39. The smallest absolute Gasteiger partial charge is 0.0300 e. The Labute approximate surface area is 87.3 Å². The van der Waals surface area contributed by atoms with Gasteiger partial charge in [0.15, 0.2) is 0 Å². The molecule has 0 aromatic heterocycles. The maximum Gasteiger partial charge on any atom is 0.0300 e. The zero-order valence-corrected chi connectivity index (χ0v) is 9.72. The van der Waals surface area contributed by atoms with Gasteiger partial charge in [0.2, 0.25) is 0 Å². The van der Waals surface area contributed by atoms with Gasteiger partial charge < -0.3 is 5.73 Å². The number of hydrogen-bond acceptors (Lipinski definition) is 1. The average molecular weight is 191 g/mol. The quantitative estimate of drug-likeness (QED) is 0.778. The number of hydrogen-bond donors (Lipinski definition) is 1. The topological polar surface area (TPSA) is 26.0 Å². The molecule has 0 fully saturated rings. The Morgan fingerprint density at radius 3 is 2.07 bits per heavy atom. The molecule has 1 aromatic rings. The molecule has 0 aliphatic rings. The second kappa shape index (κ2) is 4.61. The SMILES string of the molecule is CCC[C@@H](N)c1c(C)cc(C)cc1C. The minimum atomic E-state index is 0.209. The van der Waals surface area contributed by atoms with Crippen LogP contribution in [0.3, 0.4) is 0 Å². The number of aryl methyl sites for hydroxylation is 3. The zero-order valence-electron chi connectivity index (χ0n) is 9.72. The standard InChI is InChI=1S/C13H21N/c1-5-6-12(14)13-10(3)7-9(2)8-11(13)4/h7-8,12H,5-6,14H2,1-4H3/t12-/m1/s1. The van der Waals surface area contributed by atoms with Crippen molar-refractivity contribution in [1.29, 1.82) is 0 Å². The summed E-state index contributed by atoms with van der Waals surface area (Å²) in [6, 6.07) is 4.65. The predicted molar refractivity (Wildman–Crippen MR) is 62.5 cm³/mol. The van der Waals surface area contributed by atoms with Crippen molar-refractivity contribution in [3.63, 3.8) is 0 Å². The first-order valence-electron chi connectivity index (χ1n) is 5.39. The molecule has 1 aromatic carbocycles. The van der Waals surface area contributed by atoms with E-state index >= 15 is 0 Å². The molecule has 1 rings (SSSR count). The summed E-state index contributed by atoms with van der Waals surface area (Å²) in [5.41, 5.74) is 11.5. The Morgan fingerprint density at radius 1 is 1.14 bits per heavy atom. The van der Waals surface area contributed by atoms with Gasteiger partial charge in [0, 0.05) is 6.04 Å². The minimum absolute atomic E-state index is 0.209. The molecule has 0 amide bonds. The van der Waals surface area contributed by atoms with E-state index in [0.29, 0.717) is 0 Å². The van der Waals surface area contributed by atoms with Crippen molar-refractivity contribution in [1.82, 2.24) is 0 Å². The summed E-state index contributed by atoms with van der Waals surface area (Å²) in [5.74, 6) is 0. The van der Waals surface area contributed by atoms with E-state index in [2.05, 4.69) is 39.8 Å². The van der Waals surface area contributed by atoms with Crippen molar-refractivity contribution < 1.29 is 0 Å². The second-order valence-electron chi connectivity index (χ2n) is 4.21. The van der Waals surface area contributed by atoms with Crippen LogP contribution < -0.4 is 5.73 Å². The number of benzene rings is 1. The average Bonchev–Trinajstić information content (AvgIpc) is 2.01. The van der Waals surface area contributed by atoms with Crippen LogP contribution in [0.5, 0.6) is 0 Å². The van der Waals surface area contributed by atoms with E-state index in [-0.39, 0.29) is 6.04 Å². The van der Waals surface area contributed by atoms with Crippen LogP contribution in [0.25, 0.3) is 0 Å². The lowest BCUT2D eigenvalue weighted by molar-refractivity contribution is 0.631. The Kier molecular flexibility index (Phi) is 3.70. The van der Waals surface area contributed by atoms with E-state index < -0.39 is 0 Å². The molecule has 0 spiro atoms. The van der Waals surface area contributed by atoms with E-state index in [1.54, 1.807) is 0 Å². The highest BCUT2D eigenvalue weighted by Gasteiger charge is 2.10. The third-order valence-electron chi connectivity index (χ3n) is 2.71. The Morgan fingerprint density at radius 2 is 1.64 bits per heavy atom. The van der Waals surface area contributed by atoms with Crippen molar-refractivity contribution in [2.75, 3.05) is 0 Å². The summed E-state index contributed by atoms with van der Waals surface area (Å²) in [4.78, 5) is 0. The van der Waals surface area contributed by atoms with Crippen LogP contribution in [-0.4, -0.2) is 0 Å². The van der Waals surface area contributed by atoms with E-state index in [1.807, 2.05) is 0 Å². The van der Waals surface area contributed by atoms with Gasteiger partial charge in [-0.25, -0.2) is 0 Å². The summed E-state index contributed by atoms with van der Waals surface area (Å²) >= 11 is 0. The lowest BCUT2D eigenvalue weighted by Gasteiger charge is -2.17. The normalized spacial score (nSPS) is 12.9. The molecule has 0 saturated carbocycles. The van der Waals surface area contributed by atoms with Crippen LogP contribution in [0.2, 0.25) is 0 Å². The fraction of sp³-hybridized carbons (Fsp3) is 0.538. The van der Waals surface area contributed by atoms with Gasteiger partial charge in [0.25, 0.3) is 0 Å². The van der Waals surface area contributed by atoms with Crippen LogP contribution in [0, 0.1) is 20.8 Å². The highest BCUT2D eigenvalue weighted by Crippen LogP contribution is 2.24. The summed E-state index contributed by atoms with van der Waals surface area (Å²) in [6.45, 7) is 8.63. The van der Waals surface area contributed by atoms with Crippen molar-refractivity contribution in [3.8, 4) is 0 Å². The second-order valence-corrected chi connectivity index (χ2v) is 4.21. The Bertz CT molecular complexity index is 292. The zero-order chi connectivity index (χ0) is 10.7. The fourth-order valence-electron chi connectivity index (χ4n) is 2.23. The largest absolute Gasteiger partial charge is 0.324 e. The molecule has 14 heavy (non-hydrogen) atoms. The van der Waals surface area contributed by atoms with Crippen molar-refractivity contribution in [2.45, 2.75) is 46.6 Å². The van der Waals surface area contributed by atoms with Gasteiger partial charge in [-0.05, 0) is 43.9 Å². The molecule has 0 unspecified atom stereocenters. The summed E-state index contributed by atoms with van der Waals surface area (Å²) in [7, 11) is 0. The van der Waals surface area contributed by atoms with E-state index in [9.17, 15) is 0 Å². The highest BCUT2D eigenvalue weighted by molar-refractivity contribution is 5.39. The first kappa shape index (κ1) is 11.3. The maximum absolute atomic E-state index is 6.16. The Balaban J connectivity index is 3.07. The molecule has 0 bridgehead atoms. The van der Waals surface area contributed by atoms with Crippen LogP contribution in [0.4, 0.5) is 0 Å². The molecule has 0 heterocycles. The molecular weight excluding hydrogens is 170 g/mol. The minimum Gasteiger partial charge on any atom is -0.324 e. The van der Waals surface area contributed by atoms with Crippen molar-refractivity contribution in [2.24, 2.45) is 5.73 Å². The van der Waals surface area contributed by atoms with E-state index in [0.717, 1.165) is 12.8 Å². The molecule has 78 valence electrons. The third-order valence-corrected chi connectivity index (χ3v) is 2.71. The lowest BCUT2D eigenvalue weighted by atomic mass is 9.92. The van der Waals surface area contributed by atoms with E-state index in [1.165, 1.54) is 22.3 Å². The molecule has 0 saturated heterocycles. The summed E-state index contributed by atoms with van der Waals surface area (Å²) in [5, 5.41) is 0. The monoisotopic (exact) mass is 191 g/mol. The van der Waals surface area contributed by atoms with Crippen LogP contribution in [0.1, 0.15) is 48.1 Å². The molecule has 0 aliphatic heterocycles. The molecule has 1 atom stereocenters. The van der Waals surface area contributed by atoms with Gasteiger partial charge >= 0.3 is 0 Å². The predicted octanol–water partition coefficient (Wildman–Crippen LogP) is 3.41. The van der Waals surface area contributed by atoms with Gasteiger partial charge in [-0.1, -0.05) is 31.0 Å². The van der Waals surface area contributed by atoms with Crippen LogP contribution in [0.15, 0.2) is 12.1 Å². The Hall–Kier alpha value is -0.820. The molecular formula is C13H21N. The highest BCUT2D eigenvalue weighted by atomic mass is 14.6. The van der Waals surface area contributed by atoms with Gasteiger partial charge in [-0.3, -0.25) is 0 Å².